The van der Waals surface area contributed by atoms with E-state index < -0.39 is 0 Å². The number of nitrogens with zero attached hydrogens (tertiary/aromatic N) is 4. The van der Waals surface area contributed by atoms with E-state index in [0.29, 0.717) is 30.6 Å². The van der Waals surface area contributed by atoms with E-state index in [-0.39, 0.29) is 6.10 Å². The fraction of sp³-hybridized carbons (Fsp3) is 0.400. The molecule has 0 spiro atoms. The third-order valence-corrected chi connectivity index (χ3v) is 4.69. The first-order valence-electron chi connectivity index (χ1n) is 7.40. The van der Waals surface area contributed by atoms with E-state index in [1.54, 1.807) is 23.7 Å². The van der Waals surface area contributed by atoms with Crippen LogP contribution in [0.4, 0.5) is 0 Å². The molecule has 23 heavy (non-hydrogen) atoms. The fourth-order valence-electron chi connectivity index (χ4n) is 2.53. The van der Waals surface area contributed by atoms with Crippen LogP contribution < -0.4 is 0 Å². The predicted octanol–water partition coefficient (Wildman–Crippen LogP) is 2.67. The van der Waals surface area contributed by atoms with E-state index in [4.69, 9.17) is 13.7 Å². The summed E-state index contributed by atoms with van der Waals surface area (Å²) in [7, 11) is 0. The SMILES string of the molecule is Cc1csc(C2CN(Cc3nc(-c4ccco4)no3)CCO2)n1. The van der Waals surface area contributed by atoms with Gasteiger partial charge >= 0.3 is 0 Å². The van der Waals surface area contributed by atoms with Crippen molar-refractivity contribution in [2.24, 2.45) is 0 Å². The second-order valence-electron chi connectivity index (χ2n) is 5.41. The standard InChI is InChI=1S/C15H16N4O3S/c1-10-9-23-15(16-10)12-7-19(4-6-21-12)8-13-17-14(18-22-13)11-3-2-5-20-11/h2-3,5,9,12H,4,6-8H2,1H3. The van der Waals surface area contributed by atoms with Crippen LogP contribution in [-0.2, 0) is 11.3 Å². The van der Waals surface area contributed by atoms with Gasteiger partial charge in [-0.05, 0) is 19.1 Å². The molecule has 8 heteroatoms. The first-order valence-corrected chi connectivity index (χ1v) is 8.28. The summed E-state index contributed by atoms with van der Waals surface area (Å²) >= 11 is 1.64. The third kappa shape index (κ3) is 3.19. The van der Waals surface area contributed by atoms with Crippen LogP contribution in [0.5, 0.6) is 0 Å². The highest BCUT2D eigenvalue weighted by molar-refractivity contribution is 7.09. The van der Waals surface area contributed by atoms with Crippen molar-refractivity contribution in [3.8, 4) is 11.6 Å². The Balaban J connectivity index is 1.42. The number of aromatic nitrogens is 3. The first kappa shape index (κ1) is 14.6. The number of rotatable bonds is 4. The topological polar surface area (TPSA) is 77.4 Å². The second-order valence-corrected chi connectivity index (χ2v) is 6.30. The molecule has 0 radical (unpaired) electrons. The largest absolute Gasteiger partial charge is 0.461 e. The molecular formula is C15H16N4O3S. The Hall–Kier alpha value is -2.03. The minimum Gasteiger partial charge on any atom is -0.461 e. The Bertz CT molecular complexity index is 767. The molecule has 3 aromatic heterocycles. The summed E-state index contributed by atoms with van der Waals surface area (Å²) in [5.74, 6) is 1.66. The van der Waals surface area contributed by atoms with Gasteiger partial charge in [0.05, 0.1) is 19.4 Å². The number of furan rings is 1. The molecule has 4 rings (SSSR count). The Labute approximate surface area is 136 Å². The molecule has 1 aliphatic heterocycles. The molecule has 7 nitrogen and oxygen atoms in total. The quantitative estimate of drug-likeness (QED) is 0.727. The van der Waals surface area contributed by atoms with E-state index in [1.165, 1.54) is 0 Å². The number of aryl methyl sites for hydroxylation is 1. The van der Waals surface area contributed by atoms with Crippen LogP contribution >= 0.6 is 11.3 Å². The average molecular weight is 332 g/mol. The molecule has 0 bridgehead atoms. The maximum absolute atomic E-state index is 5.83. The van der Waals surface area contributed by atoms with E-state index in [1.807, 2.05) is 18.4 Å². The highest BCUT2D eigenvalue weighted by Crippen LogP contribution is 2.26. The molecule has 120 valence electrons. The van der Waals surface area contributed by atoms with Gasteiger partial charge in [0.15, 0.2) is 5.76 Å². The van der Waals surface area contributed by atoms with Crippen LogP contribution in [0.3, 0.4) is 0 Å². The minimum atomic E-state index is 0.00918. The van der Waals surface area contributed by atoms with Gasteiger partial charge in [-0.1, -0.05) is 5.16 Å². The van der Waals surface area contributed by atoms with Gasteiger partial charge in [-0.3, -0.25) is 4.90 Å². The zero-order chi connectivity index (χ0) is 15.6. The van der Waals surface area contributed by atoms with Gasteiger partial charge in [0, 0.05) is 24.2 Å². The van der Waals surface area contributed by atoms with Crippen LogP contribution in [0.25, 0.3) is 11.6 Å². The molecule has 1 unspecified atom stereocenters. The van der Waals surface area contributed by atoms with Crippen molar-refractivity contribution < 1.29 is 13.7 Å². The number of ether oxygens (including phenoxy) is 1. The second kappa shape index (κ2) is 6.23. The van der Waals surface area contributed by atoms with Gasteiger partial charge in [0.1, 0.15) is 11.1 Å². The van der Waals surface area contributed by atoms with Crippen LogP contribution in [0.15, 0.2) is 32.7 Å². The van der Waals surface area contributed by atoms with E-state index in [9.17, 15) is 0 Å². The van der Waals surface area contributed by atoms with Gasteiger partial charge < -0.3 is 13.7 Å². The number of morpholine rings is 1. The molecular weight excluding hydrogens is 316 g/mol. The Morgan fingerprint density at radius 3 is 3.13 bits per heavy atom. The molecule has 1 aliphatic rings. The molecule has 1 saturated heterocycles. The van der Waals surface area contributed by atoms with Crippen molar-refractivity contribution in [1.82, 2.24) is 20.0 Å². The normalized spacial score (nSPS) is 19.3. The lowest BCUT2D eigenvalue weighted by atomic mass is 10.3. The van der Waals surface area contributed by atoms with E-state index in [2.05, 4.69) is 20.0 Å². The molecule has 0 N–H and O–H groups in total. The summed E-state index contributed by atoms with van der Waals surface area (Å²) in [6.07, 6.45) is 1.60. The van der Waals surface area contributed by atoms with Crippen LogP contribution in [0, 0.1) is 6.92 Å². The summed E-state index contributed by atoms with van der Waals surface area (Å²) in [4.78, 5) is 11.1. The molecule has 4 heterocycles. The Morgan fingerprint density at radius 1 is 1.39 bits per heavy atom. The van der Waals surface area contributed by atoms with Crippen molar-refractivity contribution in [3.05, 3.63) is 40.4 Å². The fourth-order valence-corrected chi connectivity index (χ4v) is 3.37. The lowest BCUT2D eigenvalue weighted by Crippen LogP contribution is -2.37. The zero-order valence-electron chi connectivity index (χ0n) is 12.6. The Morgan fingerprint density at radius 2 is 2.35 bits per heavy atom. The molecule has 0 aliphatic carbocycles. The van der Waals surface area contributed by atoms with Crippen LogP contribution in [0.1, 0.15) is 22.7 Å². The zero-order valence-corrected chi connectivity index (χ0v) is 13.5. The van der Waals surface area contributed by atoms with Gasteiger partial charge in [-0.2, -0.15) is 4.98 Å². The molecule has 0 aromatic carbocycles. The third-order valence-electron chi connectivity index (χ3n) is 3.63. The lowest BCUT2D eigenvalue weighted by molar-refractivity contribution is -0.0357. The van der Waals surface area contributed by atoms with E-state index in [0.717, 1.165) is 23.8 Å². The summed E-state index contributed by atoms with van der Waals surface area (Å²) in [6.45, 7) is 4.86. The predicted molar refractivity (Wildman–Crippen MR) is 82.8 cm³/mol. The number of thiazole rings is 1. The maximum atomic E-state index is 5.83. The summed E-state index contributed by atoms with van der Waals surface area (Å²) in [5, 5.41) is 7.03. The van der Waals surface area contributed by atoms with Gasteiger partial charge in [-0.15, -0.1) is 11.3 Å². The summed E-state index contributed by atoms with van der Waals surface area (Å²) in [5.41, 5.74) is 1.03. The van der Waals surface area contributed by atoms with Crippen molar-refractivity contribution in [2.75, 3.05) is 19.7 Å². The van der Waals surface area contributed by atoms with E-state index >= 15 is 0 Å². The minimum absolute atomic E-state index is 0.00918. The average Bonchev–Trinajstić information content (AvgIpc) is 3.28. The lowest BCUT2D eigenvalue weighted by Gasteiger charge is -2.30. The summed E-state index contributed by atoms with van der Waals surface area (Å²) in [6, 6.07) is 3.61. The molecule has 0 saturated carbocycles. The van der Waals surface area contributed by atoms with Crippen molar-refractivity contribution in [2.45, 2.75) is 19.6 Å². The monoisotopic (exact) mass is 332 g/mol. The van der Waals surface area contributed by atoms with Crippen LogP contribution in [-0.4, -0.2) is 39.7 Å². The molecule has 1 atom stereocenters. The van der Waals surface area contributed by atoms with Crippen LogP contribution in [0.2, 0.25) is 0 Å². The van der Waals surface area contributed by atoms with Gasteiger partial charge in [0.2, 0.25) is 11.7 Å². The van der Waals surface area contributed by atoms with Crippen molar-refractivity contribution in [1.29, 1.82) is 0 Å². The van der Waals surface area contributed by atoms with Gasteiger partial charge in [-0.25, -0.2) is 4.98 Å². The highest BCUT2D eigenvalue weighted by atomic mass is 32.1. The van der Waals surface area contributed by atoms with Crippen molar-refractivity contribution >= 4 is 11.3 Å². The highest BCUT2D eigenvalue weighted by Gasteiger charge is 2.25. The Kier molecular flexibility index (Phi) is 3.94. The number of hydrogen-bond donors (Lipinski definition) is 0. The first-order chi connectivity index (χ1) is 11.3. The molecule has 1 fully saturated rings. The number of hydrogen-bond acceptors (Lipinski definition) is 8. The smallest absolute Gasteiger partial charge is 0.241 e. The van der Waals surface area contributed by atoms with Gasteiger partial charge in [0.25, 0.3) is 0 Å². The molecule has 3 aromatic rings. The maximum Gasteiger partial charge on any atom is 0.241 e. The molecule has 0 amide bonds. The van der Waals surface area contributed by atoms with Crippen molar-refractivity contribution in [3.63, 3.8) is 0 Å². The summed E-state index contributed by atoms with van der Waals surface area (Å²) < 4.78 is 16.4.